The maximum absolute atomic E-state index is 12.9. The number of hydrogen-bond donors (Lipinski definition) is 2. The van der Waals surface area contributed by atoms with Crippen LogP contribution in [0.1, 0.15) is 23.7 Å². The summed E-state index contributed by atoms with van der Waals surface area (Å²) in [4.78, 5) is 13.8. The van der Waals surface area contributed by atoms with Crippen molar-refractivity contribution in [2.45, 2.75) is 19.4 Å². The van der Waals surface area contributed by atoms with E-state index in [0.29, 0.717) is 18.7 Å². The van der Waals surface area contributed by atoms with Crippen molar-refractivity contribution >= 4 is 11.6 Å². The highest BCUT2D eigenvalue weighted by Crippen LogP contribution is 2.23. The van der Waals surface area contributed by atoms with Gasteiger partial charge in [0.1, 0.15) is 5.82 Å². The zero-order chi connectivity index (χ0) is 13.3. The molecule has 4 nitrogen and oxygen atoms in total. The Kier molecular flexibility index (Phi) is 3.52. The van der Waals surface area contributed by atoms with E-state index in [2.05, 4.69) is 0 Å². The van der Waals surface area contributed by atoms with Crippen LogP contribution in [0.4, 0.5) is 10.1 Å². The van der Waals surface area contributed by atoms with Crippen LogP contribution in [-0.2, 0) is 0 Å². The van der Waals surface area contributed by atoms with Crippen molar-refractivity contribution in [3.05, 3.63) is 29.6 Å². The van der Waals surface area contributed by atoms with Gasteiger partial charge in [-0.15, -0.1) is 0 Å². The lowest BCUT2D eigenvalue weighted by molar-refractivity contribution is 0.0763. The van der Waals surface area contributed by atoms with E-state index in [0.717, 1.165) is 12.5 Å². The third-order valence-electron chi connectivity index (χ3n) is 3.44. The highest BCUT2D eigenvalue weighted by Gasteiger charge is 2.30. The summed E-state index contributed by atoms with van der Waals surface area (Å²) >= 11 is 0. The Bertz CT molecular complexity index is 462. The molecule has 5 heteroatoms. The fraction of sp³-hybridized carbons (Fsp3) is 0.462. The molecule has 1 aliphatic rings. The van der Waals surface area contributed by atoms with Gasteiger partial charge in [0.25, 0.3) is 5.91 Å². The zero-order valence-electron chi connectivity index (χ0n) is 10.3. The molecule has 0 aliphatic carbocycles. The molecule has 2 atom stereocenters. The molecule has 1 amide bonds. The number of likely N-dealkylation sites (tertiary alicyclic amines) is 1. The Morgan fingerprint density at radius 1 is 1.61 bits per heavy atom. The van der Waals surface area contributed by atoms with Crippen molar-refractivity contribution < 1.29 is 14.3 Å². The highest BCUT2D eigenvalue weighted by molar-refractivity contribution is 5.99. The van der Waals surface area contributed by atoms with Gasteiger partial charge in [-0.2, -0.15) is 0 Å². The average molecular weight is 252 g/mol. The Morgan fingerprint density at radius 2 is 2.33 bits per heavy atom. The van der Waals surface area contributed by atoms with Gasteiger partial charge in [-0.25, -0.2) is 4.39 Å². The number of nitrogen functional groups attached to an aromatic ring is 1. The van der Waals surface area contributed by atoms with Crippen LogP contribution in [0.15, 0.2) is 18.2 Å². The topological polar surface area (TPSA) is 66.6 Å². The first kappa shape index (κ1) is 12.8. The maximum atomic E-state index is 12.9. The number of hydrogen-bond acceptors (Lipinski definition) is 3. The molecule has 1 saturated heterocycles. The van der Waals surface area contributed by atoms with Gasteiger partial charge >= 0.3 is 0 Å². The average Bonchev–Trinajstić information content (AvgIpc) is 2.77. The van der Waals surface area contributed by atoms with E-state index >= 15 is 0 Å². The van der Waals surface area contributed by atoms with Gasteiger partial charge in [-0.1, -0.05) is 0 Å². The quantitative estimate of drug-likeness (QED) is 0.778. The summed E-state index contributed by atoms with van der Waals surface area (Å²) in [5, 5.41) is 9.50. The molecule has 0 spiro atoms. The molecule has 98 valence electrons. The van der Waals surface area contributed by atoms with Gasteiger partial charge in [0.05, 0.1) is 11.7 Å². The zero-order valence-corrected chi connectivity index (χ0v) is 10.3. The number of carbonyl (C=O) groups excluding carboxylic acids is 1. The second-order valence-corrected chi connectivity index (χ2v) is 4.77. The van der Waals surface area contributed by atoms with Crippen LogP contribution in [-0.4, -0.2) is 35.1 Å². The summed E-state index contributed by atoms with van der Waals surface area (Å²) in [5.41, 5.74) is 6.12. The normalized spacial score (nSPS) is 21.1. The van der Waals surface area contributed by atoms with Crippen LogP contribution in [0.25, 0.3) is 0 Å². The summed E-state index contributed by atoms with van der Waals surface area (Å²) in [6, 6.07) is 3.78. The predicted octanol–water partition coefficient (Wildman–Crippen LogP) is 1.25. The number of rotatable bonds is 2. The summed E-state index contributed by atoms with van der Waals surface area (Å²) in [7, 11) is 0. The molecule has 0 aromatic heterocycles. The lowest BCUT2D eigenvalue weighted by Gasteiger charge is -2.18. The number of benzene rings is 1. The first-order valence-electron chi connectivity index (χ1n) is 6.01. The van der Waals surface area contributed by atoms with Gasteiger partial charge in [0.2, 0.25) is 0 Å². The molecule has 0 bridgehead atoms. The van der Waals surface area contributed by atoms with E-state index in [1.54, 1.807) is 11.8 Å². The molecular weight excluding hydrogens is 235 g/mol. The molecule has 0 radical (unpaired) electrons. The van der Waals surface area contributed by atoms with Gasteiger partial charge in [-0.3, -0.25) is 4.79 Å². The fourth-order valence-corrected chi connectivity index (χ4v) is 2.26. The van der Waals surface area contributed by atoms with E-state index < -0.39 is 11.9 Å². The number of aliphatic hydroxyl groups is 1. The second kappa shape index (κ2) is 4.94. The summed E-state index contributed by atoms with van der Waals surface area (Å²) < 4.78 is 12.9. The van der Waals surface area contributed by atoms with E-state index in [9.17, 15) is 14.3 Å². The van der Waals surface area contributed by atoms with Crippen molar-refractivity contribution in [2.24, 2.45) is 5.92 Å². The van der Waals surface area contributed by atoms with E-state index in [1.165, 1.54) is 12.1 Å². The molecule has 0 saturated carbocycles. The molecule has 2 rings (SSSR count). The molecule has 3 N–H and O–H groups in total. The molecule has 18 heavy (non-hydrogen) atoms. The van der Waals surface area contributed by atoms with Crippen molar-refractivity contribution in [2.75, 3.05) is 18.8 Å². The second-order valence-electron chi connectivity index (χ2n) is 4.77. The van der Waals surface area contributed by atoms with E-state index in [4.69, 9.17) is 5.73 Å². The number of nitrogens with zero attached hydrogens (tertiary/aromatic N) is 1. The Balaban J connectivity index is 2.13. The molecule has 1 aromatic carbocycles. The Morgan fingerprint density at radius 3 is 2.89 bits per heavy atom. The first-order valence-corrected chi connectivity index (χ1v) is 6.01. The number of nitrogens with two attached hydrogens (primary N) is 1. The summed E-state index contributed by atoms with van der Waals surface area (Å²) in [5.74, 6) is -0.543. The predicted molar refractivity (Wildman–Crippen MR) is 66.5 cm³/mol. The Hall–Kier alpha value is -1.62. The van der Waals surface area contributed by atoms with Crippen LogP contribution < -0.4 is 5.73 Å². The summed E-state index contributed by atoms with van der Waals surface area (Å²) in [6.07, 6.45) is 0.359. The standard InChI is InChI=1S/C13H17FN2O2/c1-8(17)9-4-5-16(7-9)13(18)11-3-2-10(14)6-12(11)15/h2-3,6,8-9,17H,4-5,7,15H2,1H3. The SMILES string of the molecule is CC(O)C1CCN(C(=O)c2ccc(F)cc2N)C1. The lowest BCUT2D eigenvalue weighted by Crippen LogP contribution is -2.30. The first-order chi connectivity index (χ1) is 8.49. The van der Waals surface area contributed by atoms with Crippen molar-refractivity contribution in [3.63, 3.8) is 0 Å². The largest absolute Gasteiger partial charge is 0.398 e. The minimum absolute atomic E-state index is 0.107. The van der Waals surface area contributed by atoms with Crippen LogP contribution in [0, 0.1) is 11.7 Å². The third-order valence-corrected chi connectivity index (χ3v) is 3.44. The number of aliphatic hydroxyl groups excluding tert-OH is 1. The number of anilines is 1. The lowest BCUT2D eigenvalue weighted by atomic mass is 10.0. The van der Waals surface area contributed by atoms with Gasteiger partial charge in [0.15, 0.2) is 0 Å². The van der Waals surface area contributed by atoms with Crippen LogP contribution >= 0.6 is 0 Å². The van der Waals surface area contributed by atoms with E-state index in [-0.39, 0.29) is 17.5 Å². The molecular formula is C13H17FN2O2. The minimum atomic E-state index is -0.452. The molecule has 1 heterocycles. The molecule has 1 aromatic rings. The van der Waals surface area contributed by atoms with Gasteiger partial charge in [-0.05, 0) is 31.5 Å². The minimum Gasteiger partial charge on any atom is -0.398 e. The van der Waals surface area contributed by atoms with Crippen LogP contribution in [0.2, 0.25) is 0 Å². The summed E-state index contributed by atoms with van der Waals surface area (Å²) in [6.45, 7) is 2.85. The number of carbonyl (C=O) groups is 1. The smallest absolute Gasteiger partial charge is 0.255 e. The van der Waals surface area contributed by atoms with Crippen molar-refractivity contribution in [1.82, 2.24) is 4.90 Å². The van der Waals surface area contributed by atoms with Crippen LogP contribution in [0.5, 0.6) is 0 Å². The molecule has 1 fully saturated rings. The number of amides is 1. The van der Waals surface area contributed by atoms with Gasteiger partial charge in [0, 0.05) is 24.7 Å². The molecule has 1 aliphatic heterocycles. The van der Waals surface area contributed by atoms with Crippen molar-refractivity contribution in [3.8, 4) is 0 Å². The number of halogens is 1. The van der Waals surface area contributed by atoms with Crippen LogP contribution in [0.3, 0.4) is 0 Å². The van der Waals surface area contributed by atoms with Gasteiger partial charge < -0.3 is 15.7 Å². The highest BCUT2D eigenvalue weighted by atomic mass is 19.1. The van der Waals surface area contributed by atoms with Crippen molar-refractivity contribution in [1.29, 1.82) is 0 Å². The van der Waals surface area contributed by atoms with E-state index in [1.807, 2.05) is 0 Å². The maximum Gasteiger partial charge on any atom is 0.255 e. The fourth-order valence-electron chi connectivity index (χ4n) is 2.26. The Labute approximate surface area is 105 Å². The third kappa shape index (κ3) is 2.46. The monoisotopic (exact) mass is 252 g/mol. The molecule has 2 unspecified atom stereocenters.